The third-order valence-corrected chi connectivity index (χ3v) is 3.61. The minimum absolute atomic E-state index is 0.141. The monoisotopic (exact) mass is 299 g/mol. The van der Waals surface area contributed by atoms with Gasteiger partial charge in [-0.15, -0.1) is 0 Å². The van der Waals surface area contributed by atoms with Gasteiger partial charge in [-0.05, 0) is 30.7 Å². The summed E-state index contributed by atoms with van der Waals surface area (Å²) in [5.41, 5.74) is 3.16. The number of rotatable bonds is 3. The standard InChI is InChI=1S/C16H14ClN3O/c1-11-10-20-7-6-12(8-15(20)19-11)16(21)18-9-13-4-2-3-5-14(13)17/h2-8,10H,9H2,1H3,(H,18,21). The molecule has 3 rings (SSSR count). The van der Waals surface area contributed by atoms with Crippen molar-refractivity contribution in [3.63, 3.8) is 0 Å². The zero-order valence-electron chi connectivity index (χ0n) is 11.5. The number of hydrogen-bond donors (Lipinski definition) is 1. The van der Waals surface area contributed by atoms with Crippen molar-refractivity contribution in [2.75, 3.05) is 0 Å². The van der Waals surface area contributed by atoms with Crippen LogP contribution in [-0.4, -0.2) is 15.3 Å². The number of nitrogens with one attached hydrogen (secondary N) is 1. The minimum Gasteiger partial charge on any atom is -0.348 e. The molecule has 0 radical (unpaired) electrons. The number of carbonyl (C=O) groups is 1. The van der Waals surface area contributed by atoms with Gasteiger partial charge in [-0.3, -0.25) is 4.79 Å². The van der Waals surface area contributed by atoms with Crippen molar-refractivity contribution >= 4 is 23.2 Å². The molecule has 0 bridgehead atoms. The second kappa shape index (κ2) is 5.58. The lowest BCUT2D eigenvalue weighted by Crippen LogP contribution is -2.23. The van der Waals surface area contributed by atoms with Crippen molar-refractivity contribution in [3.05, 3.63) is 70.6 Å². The lowest BCUT2D eigenvalue weighted by molar-refractivity contribution is 0.0951. The van der Waals surface area contributed by atoms with Crippen LogP contribution in [0.25, 0.3) is 5.65 Å². The molecule has 21 heavy (non-hydrogen) atoms. The van der Waals surface area contributed by atoms with Gasteiger partial charge >= 0.3 is 0 Å². The minimum atomic E-state index is -0.141. The summed E-state index contributed by atoms with van der Waals surface area (Å²) in [5, 5.41) is 3.52. The molecule has 106 valence electrons. The molecular formula is C16H14ClN3O. The maximum absolute atomic E-state index is 12.2. The maximum atomic E-state index is 12.2. The summed E-state index contributed by atoms with van der Waals surface area (Å²) in [6.07, 6.45) is 3.75. The Morgan fingerprint density at radius 1 is 1.33 bits per heavy atom. The van der Waals surface area contributed by atoms with Crippen LogP contribution in [0.4, 0.5) is 0 Å². The molecule has 0 aliphatic carbocycles. The molecule has 2 aromatic heterocycles. The first-order valence-corrected chi connectivity index (χ1v) is 6.98. The van der Waals surface area contributed by atoms with E-state index in [1.54, 1.807) is 12.1 Å². The van der Waals surface area contributed by atoms with Crippen LogP contribution >= 0.6 is 11.6 Å². The number of benzene rings is 1. The highest BCUT2D eigenvalue weighted by Gasteiger charge is 2.08. The van der Waals surface area contributed by atoms with Crippen LogP contribution in [0.1, 0.15) is 21.6 Å². The molecule has 1 amide bonds. The topological polar surface area (TPSA) is 46.4 Å². The summed E-state index contributed by atoms with van der Waals surface area (Å²) in [6, 6.07) is 11.0. The van der Waals surface area contributed by atoms with Gasteiger partial charge < -0.3 is 9.72 Å². The summed E-state index contributed by atoms with van der Waals surface area (Å²) in [5.74, 6) is -0.141. The highest BCUT2D eigenvalue weighted by atomic mass is 35.5. The van der Waals surface area contributed by atoms with E-state index in [0.29, 0.717) is 17.1 Å². The van der Waals surface area contributed by atoms with Crippen LogP contribution in [0, 0.1) is 6.92 Å². The van der Waals surface area contributed by atoms with Gasteiger partial charge in [0.2, 0.25) is 0 Å². The van der Waals surface area contributed by atoms with Crippen molar-refractivity contribution in [2.45, 2.75) is 13.5 Å². The van der Waals surface area contributed by atoms with E-state index in [2.05, 4.69) is 10.3 Å². The van der Waals surface area contributed by atoms with E-state index in [9.17, 15) is 4.79 Å². The summed E-state index contributed by atoms with van der Waals surface area (Å²) in [4.78, 5) is 16.5. The van der Waals surface area contributed by atoms with E-state index in [4.69, 9.17) is 11.6 Å². The van der Waals surface area contributed by atoms with E-state index in [0.717, 1.165) is 16.9 Å². The maximum Gasteiger partial charge on any atom is 0.251 e. The summed E-state index contributed by atoms with van der Waals surface area (Å²) in [7, 11) is 0. The van der Waals surface area contributed by atoms with Crippen LogP contribution in [0.3, 0.4) is 0 Å². The Morgan fingerprint density at radius 3 is 2.95 bits per heavy atom. The average molecular weight is 300 g/mol. The lowest BCUT2D eigenvalue weighted by atomic mass is 10.2. The van der Waals surface area contributed by atoms with E-state index in [1.807, 2.05) is 48.0 Å². The number of carbonyl (C=O) groups excluding carboxylic acids is 1. The van der Waals surface area contributed by atoms with Crippen LogP contribution < -0.4 is 5.32 Å². The number of halogens is 1. The van der Waals surface area contributed by atoms with Crippen molar-refractivity contribution < 1.29 is 4.79 Å². The van der Waals surface area contributed by atoms with Crippen LogP contribution in [-0.2, 0) is 6.54 Å². The predicted octanol–water partition coefficient (Wildman–Crippen LogP) is 3.23. The Balaban J connectivity index is 1.76. The van der Waals surface area contributed by atoms with Gasteiger partial charge in [0.1, 0.15) is 5.65 Å². The molecule has 0 spiro atoms. The van der Waals surface area contributed by atoms with E-state index in [1.165, 1.54) is 0 Å². The molecule has 1 aromatic carbocycles. The quantitative estimate of drug-likeness (QED) is 0.807. The number of amides is 1. The molecule has 4 nitrogen and oxygen atoms in total. The molecule has 0 saturated carbocycles. The van der Waals surface area contributed by atoms with E-state index in [-0.39, 0.29) is 5.91 Å². The van der Waals surface area contributed by atoms with E-state index < -0.39 is 0 Å². The second-order valence-corrected chi connectivity index (χ2v) is 5.24. The number of nitrogens with zero attached hydrogens (tertiary/aromatic N) is 2. The fourth-order valence-electron chi connectivity index (χ4n) is 2.17. The molecule has 0 aliphatic heterocycles. The van der Waals surface area contributed by atoms with Gasteiger partial charge in [0.05, 0.1) is 5.69 Å². The smallest absolute Gasteiger partial charge is 0.251 e. The number of aromatic nitrogens is 2. The third-order valence-electron chi connectivity index (χ3n) is 3.24. The van der Waals surface area contributed by atoms with Crippen molar-refractivity contribution in [1.82, 2.24) is 14.7 Å². The Hall–Kier alpha value is -2.33. The fourth-order valence-corrected chi connectivity index (χ4v) is 2.37. The molecule has 0 unspecified atom stereocenters. The molecular weight excluding hydrogens is 286 g/mol. The number of aryl methyl sites for hydroxylation is 1. The van der Waals surface area contributed by atoms with Crippen LogP contribution in [0.5, 0.6) is 0 Å². The number of hydrogen-bond acceptors (Lipinski definition) is 2. The first kappa shape index (κ1) is 13.6. The Bertz CT molecular complexity index is 810. The molecule has 2 heterocycles. The highest BCUT2D eigenvalue weighted by molar-refractivity contribution is 6.31. The van der Waals surface area contributed by atoms with Crippen molar-refractivity contribution in [3.8, 4) is 0 Å². The van der Waals surface area contributed by atoms with Crippen molar-refractivity contribution in [1.29, 1.82) is 0 Å². The molecule has 5 heteroatoms. The zero-order chi connectivity index (χ0) is 14.8. The second-order valence-electron chi connectivity index (χ2n) is 4.84. The van der Waals surface area contributed by atoms with Crippen molar-refractivity contribution in [2.24, 2.45) is 0 Å². The number of pyridine rings is 1. The van der Waals surface area contributed by atoms with E-state index >= 15 is 0 Å². The van der Waals surface area contributed by atoms with Gasteiger partial charge in [0, 0.05) is 29.5 Å². The molecule has 3 aromatic rings. The summed E-state index contributed by atoms with van der Waals surface area (Å²) < 4.78 is 1.89. The first-order chi connectivity index (χ1) is 10.1. The molecule has 1 N–H and O–H groups in total. The van der Waals surface area contributed by atoms with Gasteiger partial charge in [-0.2, -0.15) is 0 Å². The summed E-state index contributed by atoms with van der Waals surface area (Å²) in [6.45, 7) is 2.32. The molecule has 0 aliphatic rings. The third kappa shape index (κ3) is 2.90. The van der Waals surface area contributed by atoms with Gasteiger partial charge in [0.15, 0.2) is 0 Å². The Labute approximate surface area is 127 Å². The molecule has 0 saturated heterocycles. The molecule has 0 fully saturated rings. The largest absolute Gasteiger partial charge is 0.348 e. The number of fused-ring (bicyclic) bond motifs is 1. The van der Waals surface area contributed by atoms with Gasteiger partial charge in [-0.25, -0.2) is 4.98 Å². The summed E-state index contributed by atoms with van der Waals surface area (Å²) >= 11 is 6.07. The predicted molar refractivity (Wildman–Crippen MR) is 82.6 cm³/mol. The van der Waals surface area contributed by atoms with Gasteiger partial charge in [-0.1, -0.05) is 29.8 Å². The molecule has 0 atom stereocenters. The normalized spacial score (nSPS) is 10.8. The average Bonchev–Trinajstić information content (AvgIpc) is 2.85. The van der Waals surface area contributed by atoms with Crippen LogP contribution in [0.2, 0.25) is 5.02 Å². The van der Waals surface area contributed by atoms with Crippen LogP contribution in [0.15, 0.2) is 48.8 Å². The Kier molecular flexibility index (Phi) is 3.62. The Morgan fingerprint density at radius 2 is 2.14 bits per heavy atom. The lowest BCUT2D eigenvalue weighted by Gasteiger charge is -2.07. The fraction of sp³-hybridized carbons (Fsp3) is 0.125. The zero-order valence-corrected chi connectivity index (χ0v) is 12.3. The van der Waals surface area contributed by atoms with Gasteiger partial charge in [0.25, 0.3) is 5.91 Å². The highest BCUT2D eigenvalue weighted by Crippen LogP contribution is 2.15. The number of imidazole rings is 1. The SMILES string of the molecule is Cc1cn2ccc(C(=O)NCc3ccccc3Cl)cc2n1. The first-order valence-electron chi connectivity index (χ1n) is 6.60.